The molecule has 1 saturated heterocycles. The number of ether oxygens (including phenoxy) is 2. The minimum absolute atomic E-state index is 0.0643. The summed E-state index contributed by atoms with van der Waals surface area (Å²) in [5.41, 5.74) is 0. The van der Waals surface area contributed by atoms with Gasteiger partial charge in [0.15, 0.2) is 5.96 Å². The Kier molecular flexibility index (Phi) is 10.4. The van der Waals surface area contributed by atoms with Gasteiger partial charge in [-0.1, -0.05) is 6.92 Å². The summed E-state index contributed by atoms with van der Waals surface area (Å²) in [4.78, 5) is 15.8. The molecule has 7 nitrogen and oxygen atoms in total. The van der Waals surface area contributed by atoms with Crippen LogP contribution in [0.4, 0.5) is 0 Å². The summed E-state index contributed by atoms with van der Waals surface area (Å²) in [5, 5.41) is 9.30. The normalized spacial score (nSPS) is 19.4. The molecule has 0 bridgehead atoms. The maximum absolute atomic E-state index is 11.7. The van der Waals surface area contributed by atoms with Gasteiger partial charge in [-0.15, -0.1) is 0 Å². The van der Waals surface area contributed by atoms with E-state index in [-0.39, 0.29) is 18.1 Å². The molecule has 0 aromatic heterocycles. The van der Waals surface area contributed by atoms with Gasteiger partial charge in [0.05, 0.1) is 12.7 Å². The Hall–Kier alpha value is -1.34. The van der Waals surface area contributed by atoms with E-state index in [4.69, 9.17) is 9.47 Å². The molecule has 0 aromatic carbocycles. The van der Waals surface area contributed by atoms with E-state index >= 15 is 0 Å². The van der Waals surface area contributed by atoms with Gasteiger partial charge in [-0.2, -0.15) is 0 Å². The molecule has 7 heteroatoms. The summed E-state index contributed by atoms with van der Waals surface area (Å²) >= 11 is 0. The number of aliphatic imine (C=N–C) groups is 1. The van der Waals surface area contributed by atoms with Crippen molar-refractivity contribution in [1.82, 2.24) is 16.0 Å². The van der Waals surface area contributed by atoms with Crippen molar-refractivity contribution < 1.29 is 14.3 Å². The van der Waals surface area contributed by atoms with Gasteiger partial charge in [-0.05, 0) is 26.2 Å². The summed E-state index contributed by atoms with van der Waals surface area (Å²) in [6, 6.07) is 0.227. The van der Waals surface area contributed by atoms with Crippen LogP contribution in [0.3, 0.4) is 0 Å². The first-order valence-electron chi connectivity index (χ1n) is 8.59. The van der Waals surface area contributed by atoms with Crippen LogP contribution < -0.4 is 16.0 Å². The fourth-order valence-electron chi connectivity index (χ4n) is 2.14. The minimum atomic E-state index is 0.0643. The van der Waals surface area contributed by atoms with Crippen molar-refractivity contribution in [1.29, 1.82) is 0 Å². The Labute approximate surface area is 139 Å². The fraction of sp³-hybridized carbons (Fsp3) is 0.875. The van der Waals surface area contributed by atoms with E-state index in [2.05, 4.69) is 27.9 Å². The fourth-order valence-corrected chi connectivity index (χ4v) is 2.14. The maximum atomic E-state index is 11.7. The summed E-state index contributed by atoms with van der Waals surface area (Å²) in [5.74, 6) is 0.778. The Bertz CT molecular complexity index is 357. The van der Waals surface area contributed by atoms with E-state index in [1.807, 2.05) is 6.92 Å². The molecule has 1 fully saturated rings. The van der Waals surface area contributed by atoms with Gasteiger partial charge in [0.2, 0.25) is 5.91 Å². The molecule has 0 radical (unpaired) electrons. The predicted molar refractivity (Wildman–Crippen MR) is 91.7 cm³/mol. The van der Waals surface area contributed by atoms with Crippen LogP contribution in [0.2, 0.25) is 0 Å². The van der Waals surface area contributed by atoms with E-state index in [1.54, 1.807) is 7.05 Å². The van der Waals surface area contributed by atoms with Gasteiger partial charge >= 0.3 is 0 Å². The van der Waals surface area contributed by atoms with Crippen molar-refractivity contribution in [2.75, 3.05) is 40.0 Å². The number of nitrogens with zero attached hydrogens (tertiary/aromatic N) is 1. The van der Waals surface area contributed by atoms with Crippen LogP contribution in [-0.4, -0.2) is 64.0 Å². The smallest absolute Gasteiger partial charge is 0.221 e. The number of carbonyl (C=O) groups is 1. The molecule has 2 unspecified atom stereocenters. The lowest BCUT2D eigenvalue weighted by atomic mass is 10.2. The summed E-state index contributed by atoms with van der Waals surface area (Å²) in [6.45, 7) is 7.66. The highest BCUT2D eigenvalue weighted by Crippen LogP contribution is 2.07. The van der Waals surface area contributed by atoms with Crippen molar-refractivity contribution in [3.8, 4) is 0 Å². The lowest BCUT2D eigenvalue weighted by Gasteiger charge is -2.14. The molecular weight excluding hydrogens is 296 g/mol. The topological polar surface area (TPSA) is 84.0 Å². The minimum Gasteiger partial charge on any atom is -0.379 e. The number of rotatable bonds is 10. The van der Waals surface area contributed by atoms with Gasteiger partial charge in [0.1, 0.15) is 0 Å². The molecule has 23 heavy (non-hydrogen) atoms. The molecule has 0 saturated carbocycles. The van der Waals surface area contributed by atoms with Crippen molar-refractivity contribution in [3.05, 3.63) is 0 Å². The van der Waals surface area contributed by atoms with Crippen LogP contribution in [0, 0.1) is 0 Å². The largest absolute Gasteiger partial charge is 0.379 e. The molecule has 0 aliphatic carbocycles. The van der Waals surface area contributed by atoms with Crippen LogP contribution in [0.15, 0.2) is 4.99 Å². The molecule has 1 aliphatic rings. The summed E-state index contributed by atoms with van der Waals surface area (Å²) in [7, 11) is 1.72. The Morgan fingerprint density at radius 1 is 1.39 bits per heavy atom. The first kappa shape index (κ1) is 19.7. The molecule has 0 spiro atoms. The summed E-state index contributed by atoms with van der Waals surface area (Å²) in [6.07, 6.45) is 3.55. The number of hydrogen-bond acceptors (Lipinski definition) is 4. The number of nitrogens with one attached hydrogen (secondary N) is 3. The standard InChI is InChI=1S/C16H32N4O3/c1-4-13(2)20-15(21)6-9-19-16(17-3)18-8-5-10-23-14-7-11-22-12-14/h13-14H,4-12H2,1-3H3,(H,20,21)(H2,17,18,19). The molecule has 1 heterocycles. The van der Waals surface area contributed by atoms with E-state index < -0.39 is 0 Å². The number of carbonyl (C=O) groups excluding carboxylic acids is 1. The van der Waals surface area contributed by atoms with Crippen molar-refractivity contribution in [2.24, 2.45) is 4.99 Å². The zero-order valence-electron chi connectivity index (χ0n) is 14.7. The number of guanidine groups is 1. The zero-order valence-corrected chi connectivity index (χ0v) is 14.7. The highest BCUT2D eigenvalue weighted by molar-refractivity contribution is 5.81. The summed E-state index contributed by atoms with van der Waals surface area (Å²) < 4.78 is 11.0. The second kappa shape index (κ2) is 12.1. The average Bonchev–Trinajstić information content (AvgIpc) is 3.06. The third-order valence-electron chi connectivity index (χ3n) is 3.74. The van der Waals surface area contributed by atoms with Gasteiger partial charge < -0.3 is 25.4 Å². The number of hydrogen-bond donors (Lipinski definition) is 3. The highest BCUT2D eigenvalue weighted by atomic mass is 16.5. The Morgan fingerprint density at radius 3 is 2.83 bits per heavy atom. The van der Waals surface area contributed by atoms with Crippen molar-refractivity contribution in [3.63, 3.8) is 0 Å². The van der Waals surface area contributed by atoms with Crippen LogP contribution in [0.5, 0.6) is 0 Å². The molecule has 2 atom stereocenters. The van der Waals surface area contributed by atoms with E-state index in [9.17, 15) is 4.79 Å². The monoisotopic (exact) mass is 328 g/mol. The molecule has 1 amide bonds. The molecule has 1 aliphatic heterocycles. The van der Waals surface area contributed by atoms with Gasteiger partial charge in [-0.25, -0.2) is 0 Å². The van der Waals surface area contributed by atoms with Crippen LogP contribution >= 0.6 is 0 Å². The van der Waals surface area contributed by atoms with E-state index in [0.29, 0.717) is 18.9 Å². The Morgan fingerprint density at radius 2 is 2.17 bits per heavy atom. The second-order valence-electron chi connectivity index (χ2n) is 5.76. The molecule has 1 rings (SSSR count). The first-order valence-corrected chi connectivity index (χ1v) is 8.59. The zero-order chi connectivity index (χ0) is 16.9. The molecular formula is C16H32N4O3. The van der Waals surface area contributed by atoms with Gasteiger partial charge in [0, 0.05) is 45.8 Å². The molecule has 134 valence electrons. The van der Waals surface area contributed by atoms with Gasteiger partial charge in [0.25, 0.3) is 0 Å². The third kappa shape index (κ3) is 9.40. The third-order valence-corrected chi connectivity index (χ3v) is 3.74. The van der Waals surface area contributed by atoms with Crippen molar-refractivity contribution >= 4 is 11.9 Å². The van der Waals surface area contributed by atoms with E-state index in [1.165, 1.54) is 0 Å². The second-order valence-corrected chi connectivity index (χ2v) is 5.76. The lowest BCUT2D eigenvalue weighted by Crippen LogP contribution is -2.40. The maximum Gasteiger partial charge on any atom is 0.221 e. The van der Waals surface area contributed by atoms with Crippen LogP contribution in [0.1, 0.15) is 39.5 Å². The molecule has 3 N–H and O–H groups in total. The Balaban J connectivity index is 2.02. The first-order chi connectivity index (χ1) is 11.2. The quantitative estimate of drug-likeness (QED) is 0.312. The van der Waals surface area contributed by atoms with Gasteiger partial charge in [-0.3, -0.25) is 9.79 Å². The van der Waals surface area contributed by atoms with Crippen LogP contribution in [-0.2, 0) is 14.3 Å². The SMILES string of the molecule is CCC(C)NC(=O)CCNC(=NC)NCCCOC1CCOC1. The van der Waals surface area contributed by atoms with E-state index in [0.717, 1.165) is 45.6 Å². The van der Waals surface area contributed by atoms with Crippen molar-refractivity contribution in [2.45, 2.75) is 51.7 Å². The average molecular weight is 328 g/mol. The molecule has 0 aromatic rings. The van der Waals surface area contributed by atoms with Crippen LogP contribution in [0.25, 0.3) is 0 Å². The number of amides is 1. The predicted octanol–water partition coefficient (Wildman–Crippen LogP) is 0.652. The lowest BCUT2D eigenvalue weighted by molar-refractivity contribution is -0.121. The highest BCUT2D eigenvalue weighted by Gasteiger charge is 2.15.